The van der Waals surface area contributed by atoms with Gasteiger partial charge in [0.15, 0.2) is 0 Å². The van der Waals surface area contributed by atoms with Gasteiger partial charge in [-0.25, -0.2) is 0 Å². The van der Waals surface area contributed by atoms with Crippen molar-refractivity contribution in [2.45, 2.75) is 18.9 Å². The second-order valence-electron chi connectivity index (χ2n) is 3.48. The monoisotopic (exact) mass is 192 g/mol. The number of rotatable bonds is 3. The second kappa shape index (κ2) is 3.65. The van der Waals surface area contributed by atoms with Crippen LogP contribution in [0.2, 0.25) is 0 Å². The Balaban J connectivity index is 2.02. The molecule has 14 heavy (non-hydrogen) atoms. The highest BCUT2D eigenvalue weighted by Crippen LogP contribution is 2.25. The van der Waals surface area contributed by atoms with Crippen LogP contribution in [0.25, 0.3) is 0 Å². The van der Waals surface area contributed by atoms with Gasteiger partial charge in [-0.2, -0.15) is 5.10 Å². The lowest BCUT2D eigenvalue weighted by atomic mass is 9.87. The third-order valence-electron chi connectivity index (χ3n) is 2.53. The molecule has 74 valence electrons. The van der Waals surface area contributed by atoms with Gasteiger partial charge in [0.25, 0.3) is 0 Å². The molecule has 4 heteroatoms. The Morgan fingerprint density at radius 1 is 1.64 bits per heavy atom. The highest BCUT2D eigenvalue weighted by molar-refractivity contribution is 5.71. The average Bonchev–Trinajstić information content (AvgIpc) is 2.62. The third-order valence-corrected chi connectivity index (χ3v) is 2.53. The van der Waals surface area contributed by atoms with Crippen LogP contribution in [0.15, 0.2) is 28.9 Å². The Hall–Kier alpha value is -1.58. The smallest absolute Gasteiger partial charge is 0.303 e. The van der Waals surface area contributed by atoms with Crippen LogP contribution >= 0.6 is 0 Å². The molecule has 0 saturated carbocycles. The number of hydrogen-bond donors (Lipinski definition) is 2. The quantitative estimate of drug-likeness (QED) is 0.699. The first-order chi connectivity index (χ1) is 6.77. The van der Waals surface area contributed by atoms with E-state index in [9.17, 15) is 4.79 Å². The zero-order valence-electron chi connectivity index (χ0n) is 7.68. The number of carboxylic acids is 1. The highest BCUT2D eigenvalue weighted by Gasteiger charge is 2.26. The van der Waals surface area contributed by atoms with Gasteiger partial charge in [-0.3, -0.25) is 4.79 Å². The van der Waals surface area contributed by atoms with Gasteiger partial charge in [-0.15, -0.1) is 0 Å². The minimum atomic E-state index is -0.750. The SMILES string of the molecule is O=C(O)CCC1=CC=CC2NN=CC12. The van der Waals surface area contributed by atoms with Gasteiger partial charge in [0.05, 0.1) is 6.04 Å². The fraction of sp³-hybridized carbons (Fsp3) is 0.400. The van der Waals surface area contributed by atoms with E-state index >= 15 is 0 Å². The summed E-state index contributed by atoms with van der Waals surface area (Å²) in [6.07, 6.45) is 8.64. The van der Waals surface area contributed by atoms with Gasteiger partial charge in [-0.05, 0) is 6.42 Å². The molecule has 0 aromatic carbocycles. The Labute approximate surface area is 82.0 Å². The normalized spacial score (nSPS) is 28.1. The molecule has 1 aliphatic carbocycles. The molecular weight excluding hydrogens is 180 g/mol. The van der Waals surface area contributed by atoms with Crippen molar-refractivity contribution in [2.24, 2.45) is 11.0 Å². The molecule has 0 aromatic heterocycles. The molecule has 2 N–H and O–H groups in total. The Kier molecular flexibility index (Phi) is 2.35. The average molecular weight is 192 g/mol. The standard InChI is InChI=1S/C10H12N2O2/c13-10(14)5-4-7-2-1-3-9-8(7)6-11-12-9/h1-3,6,8-9,12H,4-5H2,(H,13,14). The summed E-state index contributed by atoms with van der Waals surface area (Å²) in [5, 5.41) is 12.6. The van der Waals surface area contributed by atoms with Gasteiger partial charge in [0.2, 0.25) is 0 Å². The summed E-state index contributed by atoms with van der Waals surface area (Å²) in [6.45, 7) is 0. The number of hydrogen-bond acceptors (Lipinski definition) is 3. The lowest BCUT2D eigenvalue weighted by Crippen LogP contribution is -2.28. The fourth-order valence-electron chi connectivity index (χ4n) is 1.78. The highest BCUT2D eigenvalue weighted by atomic mass is 16.4. The molecule has 2 aliphatic rings. The van der Waals surface area contributed by atoms with Crippen molar-refractivity contribution >= 4 is 12.2 Å². The molecule has 2 rings (SSSR count). The number of nitrogens with zero attached hydrogens (tertiary/aromatic N) is 1. The first kappa shape index (κ1) is 8.99. The topological polar surface area (TPSA) is 61.7 Å². The van der Waals surface area contributed by atoms with Crippen molar-refractivity contribution in [1.29, 1.82) is 0 Å². The van der Waals surface area contributed by atoms with Crippen LogP contribution in [0, 0.1) is 5.92 Å². The molecule has 0 saturated heterocycles. The molecule has 0 bridgehead atoms. The van der Waals surface area contributed by atoms with Gasteiger partial charge in [0, 0.05) is 18.6 Å². The molecule has 4 nitrogen and oxygen atoms in total. The number of fused-ring (bicyclic) bond motifs is 1. The summed E-state index contributed by atoms with van der Waals surface area (Å²) in [5.74, 6) is -0.501. The van der Waals surface area contributed by atoms with Crippen molar-refractivity contribution in [1.82, 2.24) is 5.43 Å². The van der Waals surface area contributed by atoms with Gasteiger partial charge >= 0.3 is 5.97 Å². The zero-order chi connectivity index (χ0) is 9.97. The van der Waals surface area contributed by atoms with E-state index in [-0.39, 0.29) is 18.4 Å². The van der Waals surface area contributed by atoms with Crippen LogP contribution < -0.4 is 5.43 Å². The number of aliphatic carboxylic acids is 1. The summed E-state index contributed by atoms with van der Waals surface area (Å²) < 4.78 is 0. The molecule has 0 spiro atoms. The molecular formula is C10H12N2O2. The van der Waals surface area contributed by atoms with Crippen molar-refractivity contribution < 1.29 is 9.90 Å². The van der Waals surface area contributed by atoms with Crippen LogP contribution in [-0.4, -0.2) is 23.3 Å². The zero-order valence-corrected chi connectivity index (χ0v) is 7.68. The van der Waals surface area contributed by atoms with Crippen molar-refractivity contribution in [3.05, 3.63) is 23.8 Å². The number of nitrogens with one attached hydrogen (secondary N) is 1. The van der Waals surface area contributed by atoms with Crippen LogP contribution in [0.4, 0.5) is 0 Å². The predicted molar refractivity (Wildman–Crippen MR) is 53.0 cm³/mol. The van der Waals surface area contributed by atoms with Gasteiger partial charge in [0.1, 0.15) is 0 Å². The molecule has 0 aromatic rings. The van der Waals surface area contributed by atoms with E-state index in [1.807, 2.05) is 24.4 Å². The van der Waals surface area contributed by atoms with Gasteiger partial charge in [-0.1, -0.05) is 23.8 Å². The first-order valence-electron chi connectivity index (χ1n) is 4.65. The second-order valence-corrected chi connectivity index (χ2v) is 3.48. The lowest BCUT2D eigenvalue weighted by molar-refractivity contribution is -0.136. The summed E-state index contributed by atoms with van der Waals surface area (Å²) in [6, 6.07) is 0.226. The summed E-state index contributed by atoms with van der Waals surface area (Å²) in [4.78, 5) is 10.4. The lowest BCUT2D eigenvalue weighted by Gasteiger charge is -2.20. The first-order valence-corrected chi connectivity index (χ1v) is 4.65. The van der Waals surface area contributed by atoms with E-state index in [2.05, 4.69) is 10.5 Å². The third kappa shape index (κ3) is 1.69. The molecule has 1 heterocycles. The Morgan fingerprint density at radius 2 is 2.50 bits per heavy atom. The molecule has 0 fully saturated rings. The maximum absolute atomic E-state index is 10.4. The molecule has 1 aliphatic heterocycles. The van der Waals surface area contributed by atoms with Crippen LogP contribution in [0.5, 0.6) is 0 Å². The van der Waals surface area contributed by atoms with E-state index in [1.165, 1.54) is 0 Å². The van der Waals surface area contributed by atoms with Crippen LogP contribution in [0.1, 0.15) is 12.8 Å². The molecule has 0 amide bonds. The van der Waals surface area contributed by atoms with E-state index in [1.54, 1.807) is 0 Å². The van der Waals surface area contributed by atoms with Gasteiger partial charge < -0.3 is 10.5 Å². The van der Waals surface area contributed by atoms with Crippen LogP contribution in [0.3, 0.4) is 0 Å². The maximum Gasteiger partial charge on any atom is 0.303 e. The summed E-state index contributed by atoms with van der Waals surface area (Å²) in [7, 11) is 0. The number of allylic oxidation sites excluding steroid dienone is 2. The summed E-state index contributed by atoms with van der Waals surface area (Å²) in [5.41, 5.74) is 4.12. The van der Waals surface area contributed by atoms with E-state index in [0.29, 0.717) is 6.42 Å². The Bertz CT molecular complexity index is 331. The molecule has 2 atom stereocenters. The largest absolute Gasteiger partial charge is 0.481 e. The van der Waals surface area contributed by atoms with E-state index < -0.39 is 5.97 Å². The summed E-state index contributed by atoms with van der Waals surface area (Å²) >= 11 is 0. The predicted octanol–water partition coefficient (Wildman–Crippen LogP) is 0.921. The van der Waals surface area contributed by atoms with Crippen molar-refractivity contribution in [3.8, 4) is 0 Å². The number of carbonyl (C=O) groups is 1. The minimum Gasteiger partial charge on any atom is -0.481 e. The maximum atomic E-state index is 10.4. The fourth-order valence-corrected chi connectivity index (χ4v) is 1.78. The van der Waals surface area contributed by atoms with Crippen molar-refractivity contribution in [2.75, 3.05) is 0 Å². The number of hydrazone groups is 1. The minimum absolute atomic E-state index is 0.191. The van der Waals surface area contributed by atoms with Crippen molar-refractivity contribution in [3.63, 3.8) is 0 Å². The van der Waals surface area contributed by atoms with E-state index in [0.717, 1.165) is 5.57 Å². The van der Waals surface area contributed by atoms with E-state index in [4.69, 9.17) is 5.11 Å². The van der Waals surface area contributed by atoms with Crippen LogP contribution in [-0.2, 0) is 4.79 Å². The molecule has 0 radical (unpaired) electrons. The molecule has 2 unspecified atom stereocenters. The Morgan fingerprint density at radius 3 is 3.29 bits per heavy atom. The number of carboxylic acid groups (broad SMARTS) is 1.